The number of ether oxygens (including phenoxy) is 1. The van der Waals surface area contributed by atoms with Crippen LogP contribution in [0.1, 0.15) is 10.4 Å². The molecule has 0 atom stereocenters. The molecule has 0 aromatic heterocycles. The molecule has 0 amide bonds. The second-order valence-electron chi connectivity index (χ2n) is 2.29. The summed E-state index contributed by atoms with van der Waals surface area (Å²) in [5.74, 6) is 0.616. The summed E-state index contributed by atoms with van der Waals surface area (Å²) < 4.78 is 17.9. The Bertz CT molecular complexity index is 377. The number of hydrogen-bond donors (Lipinski definition) is 0. The molecule has 2 nitrogen and oxygen atoms in total. The zero-order chi connectivity index (χ0) is 9.84. The molecule has 1 aromatic carbocycles. The van der Waals surface area contributed by atoms with Gasteiger partial charge in [0.2, 0.25) is 5.78 Å². The van der Waals surface area contributed by atoms with Gasteiger partial charge in [0, 0.05) is 0 Å². The molecule has 0 N–H and O–H groups in total. The van der Waals surface area contributed by atoms with Crippen LogP contribution >= 0.6 is 0 Å². The fourth-order valence-electron chi connectivity index (χ4n) is 0.967. The van der Waals surface area contributed by atoms with Crippen molar-refractivity contribution in [2.75, 3.05) is 7.11 Å². The van der Waals surface area contributed by atoms with Gasteiger partial charge >= 0.3 is 0 Å². The average Bonchev–Trinajstić information content (AvgIpc) is 2.16. The number of carbonyl (C=O) groups excluding carboxylic acids is 1. The van der Waals surface area contributed by atoms with Crippen molar-refractivity contribution in [2.45, 2.75) is 0 Å². The predicted octanol–water partition coefficient (Wildman–Crippen LogP) is 1.65. The van der Waals surface area contributed by atoms with Crippen LogP contribution in [0, 0.1) is 18.2 Å². The van der Waals surface area contributed by atoms with Crippen LogP contribution < -0.4 is 4.74 Å². The normalized spacial score (nSPS) is 9.00. The monoisotopic (exact) mass is 178 g/mol. The second kappa shape index (κ2) is 3.72. The number of rotatable bonds is 2. The molecule has 66 valence electrons. The van der Waals surface area contributed by atoms with Crippen LogP contribution in [0.5, 0.6) is 5.75 Å². The summed E-state index contributed by atoms with van der Waals surface area (Å²) in [5.41, 5.74) is -0.187. The molecule has 0 aliphatic rings. The quantitative estimate of drug-likeness (QED) is 0.391. The highest BCUT2D eigenvalue weighted by Crippen LogP contribution is 2.21. The standard InChI is InChI=1S/C10H7FO2/c1-3-8(12)10-7(11)5-4-6-9(10)13-2/h1,4-6H,2H3. The first-order chi connectivity index (χ1) is 6.20. The number of terminal acetylenes is 1. The Morgan fingerprint density at radius 2 is 2.31 bits per heavy atom. The van der Waals surface area contributed by atoms with Crippen molar-refractivity contribution in [1.82, 2.24) is 0 Å². The molecule has 0 unspecified atom stereocenters. The van der Waals surface area contributed by atoms with E-state index in [1.807, 2.05) is 5.92 Å². The van der Waals surface area contributed by atoms with E-state index >= 15 is 0 Å². The fourth-order valence-corrected chi connectivity index (χ4v) is 0.967. The summed E-state index contributed by atoms with van der Waals surface area (Å²) in [6.45, 7) is 0. The molecule has 13 heavy (non-hydrogen) atoms. The summed E-state index contributed by atoms with van der Waals surface area (Å²) in [7, 11) is 1.35. The van der Waals surface area contributed by atoms with Gasteiger partial charge in [-0.05, 0) is 18.1 Å². The highest BCUT2D eigenvalue weighted by molar-refractivity contribution is 6.10. The first-order valence-electron chi connectivity index (χ1n) is 3.54. The lowest BCUT2D eigenvalue weighted by molar-refractivity contribution is 0.105. The van der Waals surface area contributed by atoms with E-state index < -0.39 is 11.6 Å². The number of Topliss-reactive ketones (excluding diaryl/α,β-unsaturated/α-hetero) is 1. The van der Waals surface area contributed by atoms with E-state index in [0.29, 0.717) is 0 Å². The van der Waals surface area contributed by atoms with Crippen LogP contribution in [0.25, 0.3) is 0 Å². The summed E-state index contributed by atoms with van der Waals surface area (Å²) >= 11 is 0. The van der Waals surface area contributed by atoms with Gasteiger partial charge in [0.1, 0.15) is 17.1 Å². The van der Waals surface area contributed by atoms with E-state index in [4.69, 9.17) is 11.2 Å². The third kappa shape index (κ3) is 1.67. The van der Waals surface area contributed by atoms with Crippen LogP contribution in [-0.2, 0) is 0 Å². The highest BCUT2D eigenvalue weighted by atomic mass is 19.1. The Morgan fingerprint density at radius 3 is 2.85 bits per heavy atom. The molecule has 3 heteroatoms. The summed E-state index contributed by atoms with van der Waals surface area (Å²) in [6, 6.07) is 4.09. The van der Waals surface area contributed by atoms with E-state index in [-0.39, 0.29) is 11.3 Å². The number of hydrogen-bond acceptors (Lipinski definition) is 2. The van der Waals surface area contributed by atoms with E-state index in [0.717, 1.165) is 6.07 Å². The average molecular weight is 178 g/mol. The van der Waals surface area contributed by atoms with Gasteiger partial charge < -0.3 is 4.74 Å². The van der Waals surface area contributed by atoms with Crippen molar-refractivity contribution in [2.24, 2.45) is 0 Å². The number of methoxy groups -OCH3 is 1. The molecule has 1 rings (SSSR count). The minimum Gasteiger partial charge on any atom is -0.496 e. The van der Waals surface area contributed by atoms with Crippen molar-refractivity contribution in [3.8, 4) is 18.1 Å². The molecule has 0 spiro atoms. The van der Waals surface area contributed by atoms with Gasteiger partial charge in [-0.1, -0.05) is 6.07 Å². The molecule has 0 heterocycles. The molecule has 0 aliphatic carbocycles. The molecular formula is C10H7FO2. The molecule has 0 radical (unpaired) electrons. The van der Waals surface area contributed by atoms with Crippen molar-refractivity contribution in [1.29, 1.82) is 0 Å². The Morgan fingerprint density at radius 1 is 1.62 bits per heavy atom. The molecule has 0 saturated carbocycles. The van der Waals surface area contributed by atoms with E-state index in [9.17, 15) is 9.18 Å². The molecule has 0 fully saturated rings. The lowest BCUT2D eigenvalue weighted by atomic mass is 10.1. The molecule has 0 bridgehead atoms. The van der Waals surface area contributed by atoms with E-state index in [1.54, 1.807) is 0 Å². The molecule has 0 aliphatic heterocycles. The Hall–Kier alpha value is -1.82. The fraction of sp³-hybridized carbons (Fsp3) is 0.100. The maximum absolute atomic E-state index is 13.1. The van der Waals surface area contributed by atoms with Crippen molar-refractivity contribution < 1.29 is 13.9 Å². The van der Waals surface area contributed by atoms with Crippen LogP contribution in [0.3, 0.4) is 0 Å². The summed E-state index contributed by atoms with van der Waals surface area (Å²) in [5, 5.41) is 0. The van der Waals surface area contributed by atoms with Crippen LogP contribution in [0.15, 0.2) is 18.2 Å². The minimum absolute atomic E-state index is 0.156. The smallest absolute Gasteiger partial charge is 0.242 e. The van der Waals surface area contributed by atoms with E-state index in [1.165, 1.54) is 19.2 Å². The maximum Gasteiger partial charge on any atom is 0.242 e. The Labute approximate surface area is 75.3 Å². The molecule has 1 aromatic rings. The molecular weight excluding hydrogens is 171 g/mol. The second-order valence-corrected chi connectivity index (χ2v) is 2.29. The van der Waals surface area contributed by atoms with E-state index in [2.05, 4.69) is 0 Å². The number of halogens is 1. The minimum atomic E-state index is -0.713. The van der Waals surface area contributed by atoms with Gasteiger partial charge in [0.25, 0.3) is 0 Å². The lowest BCUT2D eigenvalue weighted by Crippen LogP contribution is -2.02. The van der Waals surface area contributed by atoms with Crippen molar-refractivity contribution >= 4 is 5.78 Å². The highest BCUT2D eigenvalue weighted by Gasteiger charge is 2.14. The summed E-state index contributed by atoms with van der Waals surface area (Å²) in [6.07, 6.45) is 4.87. The van der Waals surface area contributed by atoms with Gasteiger partial charge in [-0.2, -0.15) is 0 Å². The molecule has 0 saturated heterocycles. The van der Waals surface area contributed by atoms with Gasteiger partial charge in [-0.25, -0.2) is 4.39 Å². The van der Waals surface area contributed by atoms with Gasteiger partial charge in [0.05, 0.1) is 7.11 Å². The van der Waals surface area contributed by atoms with Crippen LogP contribution in [-0.4, -0.2) is 12.9 Å². The Balaban J connectivity index is 3.33. The van der Waals surface area contributed by atoms with Crippen molar-refractivity contribution in [3.05, 3.63) is 29.6 Å². The Kier molecular flexibility index (Phi) is 2.65. The summed E-state index contributed by atoms with van der Waals surface area (Å²) in [4.78, 5) is 11.1. The largest absolute Gasteiger partial charge is 0.496 e. The van der Waals surface area contributed by atoms with Crippen LogP contribution in [0.4, 0.5) is 4.39 Å². The van der Waals surface area contributed by atoms with Gasteiger partial charge in [0.15, 0.2) is 0 Å². The number of ketones is 1. The maximum atomic E-state index is 13.1. The van der Waals surface area contributed by atoms with Gasteiger partial charge in [-0.3, -0.25) is 4.79 Å². The number of carbonyl (C=O) groups is 1. The lowest BCUT2D eigenvalue weighted by Gasteiger charge is -2.04. The third-order valence-electron chi connectivity index (χ3n) is 1.55. The van der Waals surface area contributed by atoms with Crippen LogP contribution in [0.2, 0.25) is 0 Å². The SMILES string of the molecule is C#CC(=O)c1c(F)cccc1OC. The van der Waals surface area contributed by atoms with Gasteiger partial charge in [-0.15, -0.1) is 6.42 Å². The number of benzene rings is 1. The predicted molar refractivity (Wildman–Crippen MR) is 46.1 cm³/mol. The van der Waals surface area contributed by atoms with Crippen molar-refractivity contribution in [3.63, 3.8) is 0 Å². The topological polar surface area (TPSA) is 26.3 Å². The third-order valence-corrected chi connectivity index (χ3v) is 1.55. The zero-order valence-electron chi connectivity index (χ0n) is 7.00. The first kappa shape index (κ1) is 9.27. The zero-order valence-corrected chi connectivity index (χ0v) is 7.00. The first-order valence-corrected chi connectivity index (χ1v) is 3.54.